The van der Waals surface area contributed by atoms with Crippen molar-refractivity contribution in [3.05, 3.63) is 30.5 Å². The van der Waals surface area contributed by atoms with Gasteiger partial charge in [0.15, 0.2) is 0 Å². The van der Waals surface area contributed by atoms with E-state index in [0.717, 1.165) is 29.7 Å². The number of aromatic nitrogens is 1. The van der Waals surface area contributed by atoms with Crippen LogP contribution in [0.25, 0.3) is 10.8 Å². The first-order valence-corrected chi connectivity index (χ1v) is 7.26. The van der Waals surface area contributed by atoms with Crippen molar-refractivity contribution in [2.75, 3.05) is 25.0 Å². The zero-order valence-electron chi connectivity index (χ0n) is 11.8. The molecule has 4 nitrogen and oxygen atoms in total. The third-order valence-corrected chi connectivity index (χ3v) is 4.00. The highest BCUT2D eigenvalue weighted by atomic mass is 16.3. The minimum atomic E-state index is 0.288. The lowest BCUT2D eigenvalue weighted by Crippen LogP contribution is -2.42. The van der Waals surface area contributed by atoms with Crippen LogP contribution in [0, 0.1) is 0 Å². The Hall–Kier alpha value is -1.81. The van der Waals surface area contributed by atoms with E-state index in [0.29, 0.717) is 6.04 Å². The van der Waals surface area contributed by atoms with Crippen molar-refractivity contribution < 1.29 is 5.11 Å². The molecule has 0 aliphatic carbocycles. The molecule has 106 valence electrons. The molecule has 2 N–H and O–H groups in total. The molecule has 1 saturated heterocycles. The highest BCUT2D eigenvalue weighted by Crippen LogP contribution is 2.27. The second-order valence-electron chi connectivity index (χ2n) is 5.57. The van der Waals surface area contributed by atoms with Crippen LogP contribution in [0.5, 0.6) is 5.75 Å². The van der Waals surface area contributed by atoms with Gasteiger partial charge in [-0.25, -0.2) is 4.98 Å². The molecule has 1 aromatic heterocycles. The van der Waals surface area contributed by atoms with Crippen molar-refractivity contribution >= 4 is 16.6 Å². The molecule has 20 heavy (non-hydrogen) atoms. The van der Waals surface area contributed by atoms with Crippen LogP contribution in [0.2, 0.25) is 0 Å². The van der Waals surface area contributed by atoms with Gasteiger partial charge in [-0.2, -0.15) is 0 Å². The molecule has 1 fully saturated rings. The van der Waals surface area contributed by atoms with Gasteiger partial charge in [0.25, 0.3) is 0 Å². The van der Waals surface area contributed by atoms with Crippen LogP contribution >= 0.6 is 0 Å². The number of anilines is 1. The number of hydrogen-bond acceptors (Lipinski definition) is 4. The van der Waals surface area contributed by atoms with E-state index in [-0.39, 0.29) is 5.75 Å². The minimum Gasteiger partial charge on any atom is -0.508 e. The summed E-state index contributed by atoms with van der Waals surface area (Å²) in [7, 11) is 2.07. The van der Waals surface area contributed by atoms with E-state index >= 15 is 0 Å². The van der Waals surface area contributed by atoms with Gasteiger partial charge < -0.3 is 15.3 Å². The van der Waals surface area contributed by atoms with Crippen LogP contribution in [0.15, 0.2) is 30.5 Å². The third kappa shape index (κ3) is 2.70. The molecular formula is C16H21N3O. The summed E-state index contributed by atoms with van der Waals surface area (Å²) in [5, 5.41) is 15.4. The number of phenols is 1. The Morgan fingerprint density at radius 3 is 3.05 bits per heavy atom. The molecule has 1 aromatic carbocycles. The van der Waals surface area contributed by atoms with Gasteiger partial charge in [0.2, 0.25) is 0 Å². The molecule has 2 aromatic rings. The molecule has 3 rings (SSSR count). The fraction of sp³-hybridized carbons (Fsp3) is 0.438. The number of nitrogens with zero attached hydrogens (tertiary/aromatic N) is 2. The first-order chi connectivity index (χ1) is 9.74. The van der Waals surface area contributed by atoms with Crippen LogP contribution in [0.4, 0.5) is 5.82 Å². The Labute approximate surface area is 119 Å². The van der Waals surface area contributed by atoms with Crippen molar-refractivity contribution in [1.82, 2.24) is 10.3 Å². The van der Waals surface area contributed by atoms with Crippen molar-refractivity contribution in [2.24, 2.45) is 0 Å². The van der Waals surface area contributed by atoms with Crippen molar-refractivity contribution in [2.45, 2.75) is 25.3 Å². The Kier molecular flexibility index (Phi) is 3.74. The molecule has 0 saturated carbocycles. The van der Waals surface area contributed by atoms with Crippen LogP contribution < -0.4 is 10.2 Å². The average molecular weight is 271 g/mol. The lowest BCUT2D eigenvalue weighted by Gasteiger charge is -2.29. The number of benzene rings is 1. The van der Waals surface area contributed by atoms with Gasteiger partial charge >= 0.3 is 0 Å². The number of nitrogens with one attached hydrogen (secondary N) is 1. The maximum absolute atomic E-state index is 9.70. The Balaban J connectivity index is 1.86. The summed E-state index contributed by atoms with van der Waals surface area (Å²) in [6.45, 7) is 2.06. The van der Waals surface area contributed by atoms with E-state index in [1.54, 1.807) is 12.1 Å². The summed E-state index contributed by atoms with van der Waals surface area (Å²) < 4.78 is 0. The second kappa shape index (κ2) is 5.67. The monoisotopic (exact) mass is 271 g/mol. The summed E-state index contributed by atoms with van der Waals surface area (Å²) >= 11 is 0. The first-order valence-electron chi connectivity index (χ1n) is 7.26. The molecule has 0 radical (unpaired) electrons. The predicted molar refractivity (Wildman–Crippen MR) is 82.3 cm³/mol. The molecule has 0 amide bonds. The lowest BCUT2D eigenvalue weighted by molar-refractivity contribution is 0.403. The quantitative estimate of drug-likeness (QED) is 0.900. The highest BCUT2D eigenvalue weighted by Gasteiger charge is 2.16. The van der Waals surface area contributed by atoms with Gasteiger partial charge in [0.05, 0.1) is 0 Å². The molecular weight excluding hydrogens is 250 g/mol. The SMILES string of the molecule is CN(CC1CCCCN1)c1nccc2ccc(O)cc12. The summed E-state index contributed by atoms with van der Waals surface area (Å²) in [6.07, 6.45) is 5.63. The summed E-state index contributed by atoms with van der Waals surface area (Å²) in [5.74, 6) is 1.22. The molecule has 4 heteroatoms. The van der Waals surface area contributed by atoms with E-state index in [4.69, 9.17) is 0 Å². The van der Waals surface area contributed by atoms with E-state index in [1.807, 2.05) is 18.3 Å². The maximum Gasteiger partial charge on any atom is 0.136 e. The van der Waals surface area contributed by atoms with Crippen molar-refractivity contribution in [3.8, 4) is 5.75 Å². The lowest BCUT2D eigenvalue weighted by atomic mass is 10.0. The normalized spacial score (nSPS) is 19.1. The van der Waals surface area contributed by atoms with Gasteiger partial charge in [-0.15, -0.1) is 0 Å². The molecule has 0 bridgehead atoms. The number of piperidine rings is 1. The van der Waals surface area contributed by atoms with Crippen molar-refractivity contribution in [1.29, 1.82) is 0 Å². The van der Waals surface area contributed by atoms with Crippen LogP contribution in [-0.2, 0) is 0 Å². The third-order valence-electron chi connectivity index (χ3n) is 4.00. The first kappa shape index (κ1) is 13.2. The number of phenolic OH excluding ortho intramolecular Hbond substituents is 1. The van der Waals surface area contributed by atoms with Gasteiger partial charge in [0, 0.05) is 31.2 Å². The maximum atomic E-state index is 9.70. The van der Waals surface area contributed by atoms with Gasteiger partial charge in [-0.05, 0) is 43.0 Å². The van der Waals surface area contributed by atoms with Crippen LogP contribution in [0.3, 0.4) is 0 Å². The van der Waals surface area contributed by atoms with Gasteiger partial charge in [-0.3, -0.25) is 0 Å². The Bertz CT molecular complexity index is 593. The number of pyridine rings is 1. The molecule has 0 spiro atoms. The van der Waals surface area contributed by atoms with Crippen LogP contribution in [-0.4, -0.2) is 36.3 Å². The fourth-order valence-electron chi connectivity index (χ4n) is 2.94. The largest absolute Gasteiger partial charge is 0.508 e. The van der Waals surface area contributed by atoms with Gasteiger partial charge in [0.1, 0.15) is 11.6 Å². The average Bonchev–Trinajstić information content (AvgIpc) is 2.47. The standard InChI is InChI=1S/C16H21N3O/c1-19(11-13-4-2-3-8-17-13)16-15-10-14(20)6-5-12(15)7-9-18-16/h5-7,9-10,13,17,20H,2-4,8,11H2,1H3. The minimum absolute atomic E-state index is 0.288. The number of fused-ring (bicyclic) bond motifs is 1. The summed E-state index contributed by atoms with van der Waals surface area (Å²) in [5.41, 5.74) is 0. The highest BCUT2D eigenvalue weighted by molar-refractivity contribution is 5.93. The smallest absolute Gasteiger partial charge is 0.136 e. The summed E-state index contributed by atoms with van der Waals surface area (Å²) in [4.78, 5) is 6.69. The Morgan fingerprint density at radius 1 is 1.35 bits per heavy atom. The van der Waals surface area contributed by atoms with E-state index < -0.39 is 0 Å². The fourth-order valence-corrected chi connectivity index (χ4v) is 2.94. The number of rotatable bonds is 3. The van der Waals surface area contributed by atoms with Crippen molar-refractivity contribution in [3.63, 3.8) is 0 Å². The molecule has 2 heterocycles. The topological polar surface area (TPSA) is 48.4 Å². The van der Waals surface area contributed by atoms with Gasteiger partial charge in [-0.1, -0.05) is 12.5 Å². The number of likely N-dealkylation sites (N-methyl/N-ethyl adjacent to an activating group) is 1. The van der Waals surface area contributed by atoms with Crippen LogP contribution in [0.1, 0.15) is 19.3 Å². The predicted octanol–water partition coefficient (Wildman–Crippen LogP) is 2.52. The molecule has 1 atom stereocenters. The zero-order valence-corrected chi connectivity index (χ0v) is 11.8. The number of hydrogen-bond donors (Lipinski definition) is 2. The Morgan fingerprint density at radius 2 is 2.25 bits per heavy atom. The number of aromatic hydroxyl groups is 1. The van der Waals surface area contributed by atoms with E-state index in [2.05, 4.69) is 22.2 Å². The zero-order chi connectivity index (χ0) is 13.9. The molecule has 1 unspecified atom stereocenters. The second-order valence-corrected chi connectivity index (χ2v) is 5.57. The molecule has 1 aliphatic heterocycles. The van der Waals surface area contributed by atoms with E-state index in [9.17, 15) is 5.11 Å². The van der Waals surface area contributed by atoms with E-state index in [1.165, 1.54) is 19.3 Å². The summed E-state index contributed by atoms with van der Waals surface area (Å²) in [6, 6.07) is 7.95. The molecule has 1 aliphatic rings.